The van der Waals surface area contributed by atoms with Gasteiger partial charge in [0.25, 0.3) is 0 Å². The monoisotopic (exact) mass is 458 g/mol. The maximum absolute atomic E-state index is 11.8. The van der Waals surface area contributed by atoms with Gasteiger partial charge in [-0.05, 0) is 75.5 Å². The van der Waals surface area contributed by atoms with Crippen LogP contribution in [0, 0.1) is 28.6 Å². The van der Waals surface area contributed by atoms with Crippen LogP contribution in [-0.2, 0) is 19.0 Å². The summed E-state index contributed by atoms with van der Waals surface area (Å²) in [6.07, 6.45) is 9.59. The van der Waals surface area contributed by atoms with Crippen LogP contribution >= 0.6 is 0 Å². The quantitative estimate of drug-likeness (QED) is 0.216. The molecule has 1 saturated heterocycles. The van der Waals surface area contributed by atoms with Gasteiger partial charge in [-0.25, -0.2) is 10.2 Å². The van der Waals surface area contributed by atoms with E-state index < -0.39 is 6.09 Å². The van der Waals surface area contributed by atoms with Crippen molar-refractivity contribution < 1.29 is 23.8 Å². The average Bonchev–Trinajstić information content (AvgIpc) is 3.44. The highest BCUT2D eigenvalue weighted by atomic mass is 16.6. The predicted molar refractivity (Wildman–Crippen MR) is 124 cm³/mol. The Labute approximate surface area is 196 Å². The molecule has 8 atom stereocenters. The summed E-state index contributed by atoms with van der Waals surface area (Å²) in [7, 11) is 0. The summed E-state index contributed by atoms with van der Waals surface area (Å²) in [5.41, 5.74) is 4.79. The highest BCUT2D eigenvalue weighted by molar-refractivity contribution is 5.95. The van der Waals surface area contributed by atoms with E-state index in [1.54, 1.807) is 6.92 Å². The van der Waals surface area contributed by atoms with Crippen LogP contribution in [0.15, 0.2) is 16.8 Å². The molecule has 0 aromatic carbocycles. The largest absolute Gasteiger partial charge is 0.462 e. The lowest BCUT2D eigenvalue weighted by atomic mass is 9.47. The summed E-state index contributed by atoms with van der Waals surface area (Å²) in [5.74, 6) is 1.72. The zero-order valence-corrected chi connectivity index (χ0v) is 20.6. The molecule has 1 aliphatic heterocycles. The Morgan fingerprint density at radius 2 is 2.00 bits per heavy atom. The molecule has 0 radical (unpaired) electrons. The van der Waals surface area contributed by atoms with E-state index in [4.69, 9.17) is 14.2 Å². The fourth-order valence-corrected chi connectivity index (χ4v) is 8.42. The molecule has 5 rings (SSSR count). The molecule has 3 saturated carbocycles. The third-order valence-electron chi connectivity index (χ3n) is 9.95. The van der Waals surface area contributed by atoms with E-state index in [1.165, 1.54) is 18.9 Å². The van der Waals surface area contributed by atoms with Gasteiger partial charge in [-0.1, -0.05) is 25.5 Å². The molecule has 7 nitrogen and oxygen atoms in total. The topological polar surface area (TPSA) is 89.5 Å². The van der Waals surface area contributed by atoms with Gasteiger partial charge in [0.1, 0.15) is 11.7 Å². The van der Waals surface area contributed by atoms with Gasteiger partial charge in [0.05, 0.1) is 18.4 Å². The van der Waals surface area contributed by atoms with E-state index in [0.717, 1.165) is 44.2 Å². The SMILES string of the molecule is CCOC(=O)NN=C(C)C12OC1CC1C3CC=C4CC(OC(C)=O)CCC4(C)C3CCC12C. The Hall–Kier alpha value is -1.89. The highest BCUT2D eigenvalue weighted by Gasteiger charge is 2.78. The van der Waals surface area contributed by atoms with E-state index in [9.17, 15) is 9.59 Å². The number of nitrogens with one attached hydrogen (secondary N) is 1. The van der Waals surface area contributed by atoms with Gasteiger partial charge in [0, 0.05) is 18.8 Å². The summed E-state index contributed by atoms with van der Waals surface area (Å²) >= 11 is 0. The molecular weight excluding hydrogens is 420 g/mol. The first-order valence-electron chi connectivity index (χ1n) is 12.7. The Morgan fingerprint density at radius 3 is 2.73 bits per heavy atom. The van der Waals surface area contributed by atoms with Crippen molar-refractivity contribution in [2.75, 3.05) is 6.61 Å². The number of rotatable bonds is 4. The second-order valence-corrected chi connectivity index (χ2v) is 11.3. The van der Waals surface area contributed by atoms with Crippen molar-refractivity contribution in [2.24, 2.45) is 33.7 Å². The van der Waals surface area contributed by atoms with E-state index in [0.29, 0.717) is 24.4 Å². The molecule has 4 aliphatic carbocycles. The zero-order chi connectivity index (χ0) is 23.6. The van der Waals surface area contributed by atoms with Crippen molar-refractivity contribution in [2.45, 2.75) is 97.4 Å². The number of hydrazone groups is 1. The average molecular weight is 459 g/mol. The number of esters is 1. The number of hydrogen-bond acceptors (Lipinski definition) is 6. The molecule has 0 aromatic rings. The lowest BCUT2D eigenvalue weighted by molar-refractivity contribution is -0.148. The molecule has 1 amide bonds. The third-order valence-corrected chi connectivity index (χ3v) is 9.95. The summed E-state index contributed by atoms with van der Waals surface area (Å²) in [6, 6.07) is 0. The molecule has 1 N–H and O–H groups in total. The lowest BCUT2D eigenvalue weighted by Gasteiger charge is -2.58. The van der Waals surface area contributed by atoms with Crippen molar-refractivity contribution in [1.29, 1.82) is 0 Å². The molecular formula is C26H38N2O5. The first-order valence-corrected chi connectivity index (χ1v) is 12.7. The van der Waals surface area contributed by atoms with Crippen molar-refractivity contribution in [3.05, 3.63) is 11.6 Å². The van der Waals surface area contributed by atoms with E-state index in [-0.39, 0.29) is 34.6 Å². The van der Waals surface area contributed by atoms with Crippen LogP contribution in [0.1, 0.15) is 79.6 Å². The number of amides is 1. The predicted octanol–water partition coefficient (Wildman–Crippen LogP) is 4.75. The second-order valence-electron chi connectivity index (χ2n) is 11.3. The maximum atomic E-state index is 11.8. The minimum absolute atomic E-state index is 0.0272. The van der Waals surface area contributed by atoms with Gasteiger partial charge >= 0.3 is 12.1 Å². The molecule has 4 fully saturated rings. The number of carbonyl (C=O) groups excluding carboxylic acids is 2. The summed E-state index contributed by atoms with van der Waals surface area (Å²) < 4.78 is 16.9. The standard InChI is InChI=1S/C26H38N2O5/c1-6-31-23(30)28-27-15(2)26-22(33-26)14-21-19-8-7-17-13-18(32-16(3)29)9-11-24(17,4)20(19)10-12-25(21,26)5/h7,18-22H,6,8-14H2,1-5H3,(H,28,30). The van der Waals surface area contributed by atoms with Crippen molar-refractivity contribution >= 4 is 17.8 Å². The molecule has 7 heteroatoms. The normalized spacial score (nSPS) is 45.5. The molecule has 1 heterocycles. The Morgan fingerprint density at radius 1 is 1.21 bits per heavy atom. The zero-order valence-electron chi connectivity index (χ0n) is 20.6. The van der Waals surface area contributed by atoms with Gasteiger partial charge in [-0.3, -0.25) is 4.79 Å². The first kappa shape index (κ1) is 22.9. The molecule has 8 unspecified atom stereocenters. The van der Waals surface area contributed by atoms with Crippen LogP contribution in [0.4, 0.5) is 4.79 Å². The number of ether oxygens (including phenoxy) is 3. The fourth-order valence-electron chi connectivity index (χ4n) is 8.42. The summed E-state index contributed by atoms with van der Waals surface area (Å²) in [4.78, 5) is 23.3. The van der Waals surface area contributed by atoms with E-state index in [1.807, 2.05) is 6.92 Å². The van der Waals surface area contributed by atoms with Crippen LogP contribution in [0.2, 0.25) is 0 Å². The summed E-state index contributed by atoms with van der Waals surface area (Å²) in [6.45, 7) is 10.5. The van der Waals surface area contributed by atoms with Gasteiger partial charge in [-0.2, -0.15) is 5.10 Å². The molecule has 0 bridgehead atoms. The van der Waals surface area contributed by atoms with Gasteiger partial charge in [0.2, 0.25) is 0 Å². The minimum Gasteiger partial charge on any atom is -0.462 e. The van der Waals surface area contributed by atoms with Crippen LogP contribution in [0.5, 0.6) is 0 Å². The number of carbonyl (C=O) groups is 2. The molecule has 0 aromatic heterocycles. The van der Waals surface area contributed by atoms with Crippen molar-refractivity contribution in [1.82, 2.24) is 5.43 Å². The van der Waals surface area contributed by atoms with E-state index >= 15 is 0 Å². The Kier molecular flexibility index (Phi) is 5.42. The molecule has 33 heavy (non-hydrogen) atoms. The number of nitrogens with zero attached hydrogens (tertiary/aromatic N) is 1. The van der Waals surface area contributed by atoms with Gasteiger partial charge in [-0.15, -0.1) is 0 Å². The Balaban J connectivity index is 1.36. The molecule has 182 valence electrons. The third kappa shape index (κ3) is 3.28. The number of epoxide rings is 1. The molecule has 5 aliphatic rings. The van der Waals surface area contributed by atoms with Crippen molar-refractivity contribution in [3.63, 3.8) is 0 Å². The van der Waals surface area contributed by atoms with Crippen LogP contribution < -0.4 is 5.43 Å². The van der Waals surface area contributed by atoms with Crippen LogP contribution in [0.25, 0.3) is 0 Å². The fraction of sp³-hybridized carbons (Fsp3) is 0.808. The second kappa shape index (κ2) is 7.82. The molecule has 0 spiro atoms. The maximum Gasteiger partial charge on any atom is 0.427 e. The van der Waals surface area contributed by atoms with Gasteiger partial charge in [0.15, 0.2) is 0 Å². The number of hydrogen-bond donors (Lipinski definition) is 1. The minimum atomic E-state index is -0.518. The van der Waals surface area contributed by atoms with Crippen molar-refractivity contribution in [3.8, 4) is 0 Å². The van der Waals surface area contributed by atoms with E-state index in [2.05, 4.69) is 30.5 Å². The summed E-state index contributed by atoms with van der Waals surface area (Å²) in [5, 5.41) is 4.40. The van der Waals surface area contributed by atoms with Gasteiger partial charge < -0.3 is 14.2 Å². The number of fused-ring (bicyclic) bond motifs is 7. The first-order chi connectivity index (χ1) is 15.7. The van der Waals surface area contributed by atoms with Crippen LogP contribution in [-0.4, -0.2) is 42.2 Å². The Bertz CT molecular complexity index is 914. The van der Waals surface area contributed by atoms with Crippen LogP contribution in [0.3, 0.4) is 0 Å². The number of allylic oxidation sites excluding steroid dienone is 1. The highest BCUT2D eigenvalue weighted by Crippen LogP contribution is 2.73. The lowest BCUT2D eigenvalue weighted by Crippen LogP contribution is -2.54. The smallest absolute Gasteiger partial charge is 0.427 e.